The van der Waals surface area contributed by atoms with Crippen molar-refractivity contribution in [2.24, 2.45) is 0 Å². The molecule has 0 aliphatic heterocycles. The summed E-state index contributed by atoms with van der Waals surface area (Å²) in [5.41, 5.74) is 0.795. The van der Waals surface area contributed by atoms with E-state index in [0.717, 1.165) is 29.3 Å². The van der Waals surface area contributed by atoms with Crippen LogP contribution in [0.3, 0.4) is 0 Å². The summed E-state index contributed by atoms with van der Waals surface area (Å²) in [4.78, 5) is 3.19. The highest BCUT2D eigenvalue weighted by Crippen LogP contribution is 2.29. The third kappa shape index (κ3) is 4.59. The Bertz CT molecular complexity index is 369. The third-order valence-corrected chi connectivity index (χ3v) is 3.81. The molecule has 1 rings (SSSR count). The molecule has 0 spiro atoms. The number of halogens is 1. The molecule has 1 N–H and O–H groups in total. The molecule has 1 aromatic carbocycles. The monoisotopic (exact) mass is 270 g/mol. The van der Waals surface area contributed by atoms with Crippen LogP contribution in [-0.2, 0) is 0 Å². The summed E-state index contributed by atoms with van der Waals surface area (Å²) in [6, 6.07) is 5.39. The summed E-state index contributed by atoms with van der Waals surface area (Å²) in [6.07, 6.45) is 0. The summed E-state index contributed by atoms with van der Waals surface area (Å²) in [7, 11) is 4.10. The molecule has 18 heavy (non-hydrogen) atoms. The minimum Gasteiger partial charge on any atom is -0.310 e. The highest BCUT2D eigenvalue weighted by molar-refractivity contribution is 7.99. The lowest BCUT2D eigenvalue weighted by Gasteiger charge is -2.18. The minimum atomic E-state index is -0.113. The Morgan fingerprint density at radius 3 is 2.72 bits per heavy atom. The van der Waals surface area contributed by atoms with Crippen molar-refractivity contribution in [3.63, 3.8) is 0 Å². The first kappa shape index (κ1) is 15.5. The molecule has 0 aliphatic carbocycles. The summed E-state index contributed by atoms with van der Waals surface area (Å²) in [5.74, 6) is 0.862. The van der Waals surface area contributed by atoms with E-state index in [1.165, 1.54) is 0 Å². The Balaban J connectivity index is 2.79. The van der Waals surface area contributed by atoms with Crippen LogP contribution in [0.25, 0.3) is 0 Å². The molecule has 0 fully saturated rings. The largest absolute Gasteiger partial charge is 0.310 e. The zero-order valence-corrected chi connectivity index (χ0v) is 12.5. The molecular formula is C14H23FN2S. The first-order valence-corrected chi connectivity index (χ1v) is 7.34. The van der Waals surface area contributed by atoms with Crippen molar-refractivity contribution < 1.29 is 4.39 Å². The Morgan fingerprint density at radius 1 is 1.39 bits per heavy atom. The number of nitrogens with zero attached hydrogens (tertiary/aromatic N) is 1. The van der Waals surface area contributed by atoms with Crippen LogP contribution in [0.15, 0.2) is 23.1 Å². The fourth-order valence-corrected chi connectivity index (χ4v) is 3.09. The van der Waals surface area contributed by atoms with Gasteiger partial charge in [-0.1, -0.05) is 13.0 Å². The van der Waals surface area contributed by atoms with Gasteiger partial charge in [-0.25, -0.2) is 4.39 Å². The molecule has 0 saturated carbocycles. The second kappa shape index (κ2) is 7.77. The smallest absolute Gasteiger partial charge is 0.129 e. The molecule has 0 saturated heterocycles. The van der Waals surface area contributed by atoms with Crippen molar-refractivity contribution in [1.29, 1.82) is 0 Å². The number of thioether (sulfide) groups is 1. The van der Waals surface area contributed by atoms with Crippen LogP contribution in [0, 0.1) is 5.82 Å². The van der Waals surface area contributed by atoms with E-state index in [9.17, 15) is 4.39 Å². The zero-order chi connectivity index (χ0) is 13.5. The van der Waals surface area contributed by atoms with Crippen LogP contribution >= 0.6 is 11.8 Å². The Hall–Kier alpha value is -0.580. The highest BCUT2D eigenvalue weighted by Gasteiger charge is 2.14. The maximum atomic E-state index is 13.9. The summed E-state index contributed by atoms with van der Waals surface area (Å²) >= 11 is 1.72. The van der Waals surface area contributed by atoms with Gasteiger partial charge in [0.1, 0.15) is 5.82 Å². The van der Waals surface area contributed by atoms with Crippen molar-refractivity contribution in [3.8, 4) is 0 Å². The van der Waals surface area contributed by atoms with E-state index in [4.69, 9.17) is 0 Å². The van der Waals surface area contributed by atoms with Gasteiger partial charge in [0.25, 0.3) is 0 Å². The summed E-state index contributed by atoms with van der Waals surface area (Å²) in [6.45, 7) is 5.89. The van der Waals surface area contributed by atoms with E-state index >= 15 is 0 Å². The van der Waals surface area contributed by atoms with E-state index < -0.39 is 0 Å². The first-order chi connectivity index (χ1) is 8.56. The Labute approximate surface area is 114 Å². The molecule has 0 aliphatic rings. The molecule has 102 valence electrons. The van der Waals surface area contributed by atoms with Gasteiger partial charge >= 0.3 is 0 Å². The van der Waals surface area contributed by atoms with Crippen molar-refractivity contribution in [2.75, 3.05) is 32.9 Å². The second-order valence-corrected chi connectivity index (χ2v) is 5.72. The van der Waals surface area contributed by atoms with E-state index in [1.54, 1.807) is 23.9 Å². The predicted octanol–water partition coefficient (Wildman–Crippen LogP) is 3.15. The molecule has 1 atom stereocenters. The molecule has 4 heteroatoms. The minimum absolute atomic E-state index is 0.0538. The van der Waals surface area contributed by atoms with Crippen LogP contribution in [-0.4, -0.2) is 37.8 Å². The average Bonchev–Trinajstić information content (AvgIpc) is 2.28. The van der Waals surface area contributed by atoms with Gasteiger partial charge in [0.05, 0.1) is 0 Å². The van der Waals surface area contributed by atoms with Crippen molar-refractivity contribution in [1.82, 2.24) is 10.2 Å². The molecule has 0 amide bonds. The maximum absolute atomic E-state index is 13.9. The number of benzene rings is 1. The molecule has 0 radical (unpaired) electrons. The number of rotatable bonds is 7. The quantitative estimate of drug-likeness (QED) is 0.766. The molecule has 0 aromatic heterocycles. The van der Waals surface area contributed by atoms with Crippen LogP contribution < -0.4 is 5.32 Å². The number of hydrogen-bond acceptors (Lipinski definition) is 3. The van der Waals surface area contributed by atoms with Gasteiger partial charge in [-0.15, -0.1) is 11.8 Å². The molecular weight excluding hydrogens is 247 g/mol. The van der Waals surface area contributed by atoms with E-state index in [2.05, 4.69) is 10.2 Å². The summed E-state index contributed by atoms with van der Waals surface area (Å²) in [5, 5.41) is 3.28. The molecule has 0 bridgehead atoms. The van der Waals surface area contributed by atoms with E-state index in [0.29, 0.717) is 0 Å². The van der Waals surface area contributed by atoms with E-state index in [1.807, 2.05) is 34.0 Å². The molecule has 2 nitrogen and oxygen atoms in total. The van der Waals surface area contributed by atoms with Gasteiger partial charge in [-0.3, -0.25) is 0 Å². The fourth-order valence-electron chi connectivity index (χ4n) is 1.81. The van der Waals surface area contributed by atoms with Crippen molar-refractivity contribution in [3.05, 3.63) is 29.6 Å². The molecule has 1 unspecified atom stereocenters. The average molecular weight is 270 g/mol. The number of hydrogen-bond donors (Lipinski definition) is 1. The lowest BCUT2D eigenvalue weighted by atomic mass is 10.1. The van der Waals surface area contributed by atoms with Crippen LogP contribution in [0.1, 0.15) is 25.5 Å². The predicted molar refractivity (Wildman–Crippen MR) is 77.8 cm³/mol. The van der Waals surface area contributed by atoms with Gasteiger partial charge in [-0.2, -0.15) is 0 Å². The van der Waals surface area contributed by atoms with Gasteiger partial charge in [0, 0.05) is 28.8 Å². The van der Waals surface area contributed by atoms with Crippen molar-refractivity contribution in [2.45, 2.75) is 24.8 Å². The topological polar surface area (TPSA) is 15.3 Å². The lowest BCUT2D eigenvalue weighted by Crippen LogP contribution is -2.20. The lowest BCUT2D eigenvalue weighted by molar-refractivity contribution is 0.437. The third-order valence-electron chi connectivity index (χ3n) is 2.75. The Kier molecular flexibility index (Phi) is 6.68. The zero-order valence-electron chi connectivity index (χ0n) is 11.7. The van der Waals surface area contributed by atoms with Crippen LogP contribution in [0.5, 0.6) is 0 Å². The van der Waals surface area contributed by atoms with Gasteiger partial charge in [0.2, 0.25) is 0 Å². The van der Waals surface area contributed by atoms with Gasteiger partial charge < -0.3 is 10.2 Å². The van der Waals surface area contributed by atoms with Gasteiger partial charge in [0.15, 0.2) is 0 Å². The first-order valence-electron chi connectivity index (χ1n) is 6.35. The molecule has 0 heterocycles. The van der Waals surface area contributed by atoms with Gasteiger partial charge in [-0.05, 0) is 39.7 Å². The van der Waals surface area contributed by atoms with E-state index in [-0.39, 0.29) is 11.9 Å². The standard InChI is InChI=1S/C14H23FN2S/c1-5-16-11(2)14-12(15)7-6-8-13(14)18-10-9-17(3)4/h6-8,11,16H,5,9-10H2,1-4H3. The Morgan fingerprint density at radius 2 is 2.11 bits per heavy atom. The fraction of sp³-hybridized carbons (Fsp3) is 0.571. The molecule has 1 aromatic rings. The van der Waals surface area contributed by atoms with Crippen molar-refractivity contribution >= 4 is 11.8 Å². The highest BCUT2D eigenvalue weighted by atomic mass is 32.2. The summed E-state index contributed by atoms with van der Waals surface area (Å²) < 4.78 is 13.9. The van der Waals surface area contributed by atoms with Crippen LogP contribution in [0.2, 0.25) is 0 Å². The second-order valence-electron chi connectivity index (χ2n) is 4.58. The van der Waals surface area contributed by atoms with Crippen LogP contribution in [0.4, 0.5) is 4.39 Å². The SMILES string of the molecule is CCNC(C)c1c(F)cccc1SCCN(C)C. The normalized spacial score (nSPS) is 13.0. The number of nitrogens with one attached hydrogen (secondary N) is 1. The maximum Gasteiger partial charge on any atom is 0.129 e.